The maximum absolute atomic E-state index is 12.7. The van der Waals surface area contributed by atoms with Crippen molar-refractivity contribution in [2.45, 2.75) is 0 Å². The highest BCUT2D eigenvalue weighted by atomic mass is 79.9. The van der Waals surface area contributed by atoms with E-state index in [-0.39, 0.29) is 27.1 Å². The van der Waals surface area contributed by atoms with Crippen molar-refractivity contribution >= 4 is 39.0 Å². The highest BCUT2D eigenvalue weighted by Crippen LogP contribution is 2.33. The number of ether oxygens (including phenoxy) is 2. The standard InChI is InChI=1S/C18H14BrNO6/c1-24-6-7-25-10-4-2-9(3-5-10)15(21)11-8-26-18-12(11)16(22)17(23)13(19)14(18)20/h2-5,8H,6-7,20H2,1H3. The second kappa shape index (κ2) is 7.27. The van der Waals surface area contributed by atoms with Crippen LogP contribution in [0.4, 0.5) is 0 Å². The molecule has 0 amide bonds. The number of benzene rings is 1. The second-order valence-corrected chi connectivity index (χ2v) is 6.23. The van der Waals surface area contributed by atoms with Gasteiger partial charge in [-0.2, -0.15) is 0 Å². The normalized spacial score (nSPS) is 13.8. The van der Waals surface area contributed by atoms with Crippen molar-refractivity contribution in [1.29, 1.82) is 0 Å². The van der Waals surface area contributed by atoms with E-state index in [9.17, 15) is 14.4 Å². The molecule has 7 nitrogen and oxygen atoms in total. The van der Waals surface area contributed by atoms with E-state index in [4.69, 9.17) is 19.6 Å². The summed E-state index contributed by atoms with van der Waals surface area (Å²) in [6, 6.07) is 6.39. The Hall–Kier alpha value is -2.71. The number of hydrogen-bond donors (Lipinski definition) is 1. The number of nitrogens with two attached hydrogens (primary N) is 1. The van der Waals surface area contributed by atoms with Gasteiger partial charge in [-0.1, -0.05) is 0 Å². The Bertz CT molecular complexity index is 926. The Balaban J connectivity index is 1.90. The van der Waals surface area contributed by atoms with Gasteiger partial charge in [-0.15, -0.1) is 0 Å². The minimum atomic E-state index is -0.835. The number of ketones is 3. The number of allylic oxidation sites excluding steroid dienone is 1. The van der Waals surface area contributed by atoms with Crippen LogP contribution in [0.5, 0.6) is 5.75 Å². The summed E-state index contributed by atoms with van der Waals surface area (Å²) in [7, 11) is 1.57. The van der Waals surface area contributed by atoms with E-state index in [1.54, 1.807) is 31.4 Å². The third-order valence-corrected chi connectivity index (χ3v) is 4.61. The Morgan fingerprint density at radius 2 is 1.85 bits per heavy atom. The number of fused-ring (bicyclic) bond motifs is 1. The van der Waals surface area contributed by atoms with Gasteiger partial charge in [0.05, 0.1) is 27.9 Å². The van der Waals surface area contributed by atoms with E-state index in [0.717, 1.165) is 6.26 Å². The van der Waals surface area contributed by atoms with Gasteiger partial charge < -0.3 is 19.6 Å². The molecule has 8 heteroatoms. The lowest BCUT2D eigenvalue weighted by atomic mass is 9.92. The third kappa shape index (κ3) is 3.09. The SMILES string of the molecule is COCCOc1ccc(C(=O)c2coc3c2C(=O)C(=O)C(Br)=C3N)cc1. The highest BCUT2D eigenvalue weighted by Gasteiger charge is 2.37. The number of hydrogen-bond acceptors (Lipinski definition) is 7. The van der Waals surface area contributed by atoms with Crippen molar-refractivity contribution in [2.24, 2.45) is 5.73 Å². The number of halogens is 1. The van der Waals surface area contributed by atoms with Crippen LogP contribution in [-0.4, -0.2) is 37.7 Å². The maximum atomic E-state index is 12.7. The van der Waals surface area contributed by atoms with Crippen LogP contribution in [0.15, 0.2) is 39.4 Å². The van der Waals surface area contributed by atoms with Crippen molar-refractivity contribution in [1.82, 2.24) is 0 Å². The van der Waals surface area contributed by atoms with Gasteiger partial charge in [0, 0.05) is 12.7 Å². The molecule has 2 N–H and O–H groups in total. The smallest absolute Gasteiger partial charge is 0.242 e. The molecule has 1 aliphatic rings. The van der Waals surface area contributed by atoms with Gasteiger partial charge >= 0.3 is 0 Å². The lowest BCUT2D eigenvalue weighted by Gasteiger charge is -2.11. The van der Waals surface area contributed by atoms with Crippen molar-refractivity contribution in [2.75, 3.05) is 20.3 Å². The summed E-state index contributed by atoms with van der Waals surface area (Å²) in [6.45, 7) is 0.832. The van der Waals surface area contributed by atoms with Crippen molar-refractivity contribution < 1.29 is 28.3 Å². The van der Waals surface area contributed by atoms with Crippen molar-refractivity contribution in [3.63, 3.8) is 0 Å². The Kier molecular flexibility index (Phi) is 5.06. The van der Waals surface area contributed by atoms with Crippen LogP contribution in [0.3, 0.4) is 0 Å². The first kappa shape index (κ1) is 18.1. The molecule has 0 saturated heterocycles. The molecular weight excluding hydrogens is 406 g/mol. The van der Waals surface area contributed by atoms with E-state index in [1.165, 1.54) is 0 Å². The van der Waals surface area contributed by atoms with Gasteiger partial charge in [0.15, 0.2) is 11.5 Å². The first-order chi connectivity index (χ1) is 12.5. The average molecular weight is 420 g/mol. The summed E-state index contributed by atoms with van der Waals surface area (Å²) in [5.41, 5.74) is 6.00. The zero-order valence-electron chi connectivity index (χ0n) is 13.7. The molecule has 0 saturated carbocycles. The molecule has 1 aromatic carbocycles. The number of rotatable bonds is 6. The zero-order chi connectivity index (χ0) is 18.8. The molecule has 1 aliphatic carbocycles. The van der Waals surface area contributed by atoms with Crippen LogP contribution in [0.2, 0.25) is 0 Å². The summed E-state index contributed by atoms with van der Waals surface area (Å²) >= 11 is 2.97. The highest BCUT2D eigenvalue weighted by molar-refractivity contribution is 9.12. The minimum absolute atomic E-state index is 0.00523. The number of carbonyl (C=O) groups excluding carboxylic acids is 3. The number of carbonyl (C=O) groups is 3. The topological polar surface area (TPSA) is 109 Å². The Morgan fingerprint density at radius 3 is 2.50 bits per heavy atom. The predicted molar refractivity (Wildman–Crippen MR) is 95.3 cm³/mol. The Labute approximate surface area is 156 Å². The molecule has 0 fully saturated rings. The molecule has 0 radical (unpaired) electrons. The van der Waals surface area contributed by atoms with Crippen LogP contribution >= 0.6 is 15.9 Å². The van der Waals surface area contributed by atoms with Crippen LogP contribution in [0.25, 0.3) is 5.70 Å². The lowest BCUT2D eigenvalue weighted by Crippen LogP contribution is -2.25. The lowest BCUT2D eigenvalue weighted by molar-refractivity contribution is -0.111. The van der Waals surface area contributed by atoms with Crippen LogP contribution in [-0.2, 0) is 9.53 Å². The molecule has 3 rings (SSSR count). The largest absolute Gasteiger partial charge is 0.491 e. The Morgan fingerprint density at radius 1 is 1.15 bits per heavy atom. The molecule has 0 spiro atoms. The number of Topliss-reactive ketones (excluding diaryl/α,β-unsaturated/α-hetero) is 2. The van der Waals surface area contributed by atoms with Gasteiger partial charge in [0.25, 0.3) is 0 Å². The van der Waals surface area contributed by atoms with Crippen LogP contribution in [0.1, 0.15) is 32.0 Å². The molecule has 0 atom stereocenters. The summed E-state index contributed by atoms with van der Waals surface area (Å²) in [4.78, 5) is 37.0. The molecular formula is C18H14BrNO6. The van der Waals surface area contributed by atoms with E-state index in [0.29, 0.717) is 24.5 Å². The fraction of sp³-hybridized carbons (Fsp3) is 0.167. The third-order valence-electron chi connectivity index (χ3n) is 3.82. The minimum Gasteiger partial charge on any atom is -0.491 e. The summed E-state index contributed by atoms with van der Waals surface area (Å²) < 4.78 is 15.5. The molecule has 134 valence electrons. The van der Waals surface area contributed by atoms with E-state index >= 15 is 0 Å². The number of furan rings is 1. The van der Waals surface area contributed by atoms with Gasteiger partial charge in [0.1, 0.15) is 18.6 Å². The molecule has 1 heterocycles. The first-order valence-electron chi connectivity index (χ1n) is 7.58. The number of methoxy groups -OCH3 is 1. The molecule has 2 aromatic rings. The predicted octanol–water partition coefficient (Wildman–Crippen LogP) is 2.32. The van der Waals surface area contributed by atoms with Crippen molar-refractivity contribution in [3.05, 3.63) is 57.5 Å². The van der Waals surface area contributed by atoms with E-state index in [2.05, 4.69) is 15.9 Å². The molecule has 26 heavy (non-hydrogen) atoms. The summed E-state index contributed by atoms with van der Waals surface area (Å²) in [6.07, 6.45) is 1.14. The molecule has 0 aliphatic heterocycles. The van der Waals surface area contributed by atoms with Crippen LogP contribution in [0, 0.1) is 0 Å². The average Bonchev–Trinajstić information content (AvgIpc) is 3.10. The summed E-state index contributed by atoms with van der Waals surface area (Å²) in [5.74, 6) is -1.50. The zero-order valence-corrected chi connectivity index (χ0v) is 15.3. The fourth-order valence-corrected chi connectivity index (χ4v) is 2.84. The van der Waals surface area contributed by atoms with Crippen LogP contribution < -0.4 is 10.5 Å². The van der Waals surface area contributed by atoms with Gasteiger partial charge in [-0.3, -0.25) is 14.4 Å². The van der Waals surface area contributed by atoms with E-state index < -0.39 is 17.3 Å². The monoisotopic (exact) mass is 419 g/mol. The van der Waals surface area contributed by atoms with Gasteiger partial charge in [-0.25, -0.2) is 0 Å². The molecule has 0 unspecified atom stereocenters. The fourth-order valence-electron chi connectivity index (χ4n) is 2.48. The van der Waals surface area contributed by atoms with Crippen molar-refractivity contribution in [3.8, 4) is 5.75 Å². The summed E-state index contributed by atoms with van der Waals surface area (Å²) in [5, 5.41) is 0. The van der Waals surface area contributed by atoms with Gasteiger partial charge in [0.2, 0.25) is 11.6 Å². The van der Waals surface area contributed by atoms with E-state index in [1.807, 2.05) is 0 Å². The first-order valence-corrected chi connectivity index (χ1v) is 8.37. The maximum Gasteiger partial charge on any atom is 0.242 e. The molecule has 0 bridgehead atoms. The molecule has 1 aromatic heterocycles. The van der Waals surface area contributed by atoms with Gasteiger partial charge in [-0.05, 0) is 40.2 Å². The quantitative estimate of drug-likeness (QED) is 0.434. The second-order valence-electron chi connectivity index (χ2n) is 5.43.